The van der Waals surface area contributed by atoms with Crippen LogP contribution in [0.1, 0.15) is 16.1 Å². The second-order valence-corrected chi connectivity index (χ2v) is 4.76. The zero-order chi connectivity index (χ0) is 13.5. The van der Waals surface area contributed by atoms with Gasteiger partial charge in [-0.25, -0.2) is 0 Å². The van der Waals surface area contributed by atoms with E-state index in [-0.39, 0.29) is 5.78 Å². The molecule has 3 nitrogen and oxygen atoms in total. The number of rotatable bonds is 2. The first-order valence-electron chi connectivity index (χ1n) is 6.42. The largest absolute Gasteiger partial charge is 0.453 e. The van der Waals surface area contributed by atoms with Crippen molar-refractivity contribution in [2.24, 2.45) is 0 Å². The van der Waals surface area contributed by atoms with Gasteiger partial charge in [0, 0.05) is 28.0 Å². The van der Waals surface area contributed by atoms with Crippen LogP contribution in [0.15, 0.2) is 65.2 Å². The zero-order valence-electron chi connectivity index (χ0n) is 10.6. The molecule has 0 fully saturated rings. The van der Waals surface area contributed by atoms with E-state index in [0.717, 1.165) is 21.9 Å². The summed E-state index contributed by atoms with van der Waals surface area (Å²) in [6.07, 6.45) is 1.86. The molecule has 0 bridgehead atoms. The number of aromatic nitrogens is 1. The number of hydrogen-bond donors (Lipinski definition) is 1. The number of hydrogen-bond acceptors (Lipinski definition) is 2. The number of nitrogens with one attached hydrogen (secondary N) is 1. The van der Waals surface area contributed by atoms with E-state index in [4.69, 9.17) is 4.42 Å². The van der Waals surface area contributed by atoms with Crippen LogP contribution in [0, 0.1) is 0 Å². The Balaban J connectivity index is 1.82. The van der Waals surface area contributed by atoms with Gasteiger partial charge < -0.3 is 9.40 Å². The Morgan fingerprint density at radius 1 is 0.950 bits per heavy atom. The Labute approximate surface area is 114 Å². The molecular formula is C17H11NO2. The highest BCUT2D eigenvalue weighted by Crippen LogP contribution is 2.22. The molecule has 0 saturated carbocycles. The third-order valence-corrected chi connectivity index (χ3v) is 3.46. The molecule has 2 aromatic heterocycles. The van der Waals surface area contributed by atoms with Crippen LogP contribution in [0.5, 0.6) is 0 Å². The van der Waals surface area contributed by atoms with Gasteiger partial charge in [0.1, 0.15) is 5.58 Å². The molecule has 0 unspecified atom stereocenters. The van der Waals surface area contributed by atoms with Crippen LogP contribution in [0.4, 0.5) is 0 Å². The zero-order valence-corrected chi connectivity index (χ0v) is 10.6. The standard InChI is InChI=1S/C17H11NO2/c19-17(13-5-6-14-11(9-13)7-8-18-14)16-10-12-3-1-2-4-15(12)20-16/h1-10,18H. The summed E-state index contributed by atoms with van der Waals surface area (Å²) >= 11 is 0. The summed E-state index contributed by atoms with van der Waals surface area (Å²) < 4.78 is 5.62. The van der Waals surface area contributed by atoms with E-state index >= 15 is 0 Å². The molecule has 4 aromatic rings. The highest BCUT2D eigenvalue weighted by molar-refractivity contribution is 6.10. The summed E-state index contributed by atoms with van der Waals surface area (Å²) in [5.74, 6) is 0.283. The van der Waals surface area contributed by atoms with Gasteiger partial charge in [-0.2, -0.15) is 0 Å². The molecule has 0 amide bonds. The Kier molecular flexibility index (Phi) is 2.27. The van der Waals surface area contributed by atoms with Crippen molar-refractivity contribution in [3.63, 3.8) is 0 Å². The molecule has 96 valence electrons. The van der Waals surface area contributed by atoms with Gasteiger partial charge in [-0.05, 0) is 36.4 Å². The number of carbonyl (C=O) groups is 1. The van der Waals surface area contributed by atoms with Crippen molar-refractivity contribution >= 4 is 27.7 Å². The highest BCUT2D eigenvalue weighted by Gasteiger charge is 2.14. The first-order valence-corrected chi connectivity index (χ1v) is 6.42. The fourth-order valence-corrected chi connectivity index (χ4v) is 2.43. The fourth-order valence-electron chi connectivity index (χ4n) is 2.43. The minimum atomic E-state index is -0.0932. The van der Waals surface area contributed by atoms with Crippen LogP contribution >= 0.6 is 0 Å². The lowest BCUT2D eigenvalue weighted by molar-refractivity contribution is 0.101. The predicted molar refractivity (Wildman–Crippen MR) is 77.9 cm³/mol. The summed E-state index contributed by atoms with van der Waals surface area (Å²) in [5, 5.41) is 1.96. The summed E-state index contributed by atoms with van der Waals surface area (Å²) in [6, 6.07) is 17.0. The van der Waals surface area contributed by atoms with Gasteiger partial charge in [0.2, 0.25) is 5.78 Å². The number of H-pyrrole nitrogens is 1. The summed E-state index contributed by atoms with van der Waals surface area (Å²) in [7, 11) is 0. The van der Waals surface area contributed by atoms with Crippen molar-refractivity contribution in [1.82, 2.24) is 4.98 Å². The van der Waals surface area contributed by atoms with Gasteiger partial charge in [0.05, 0.1) is 0 Å². The Morgan fingerprint density at radius 2 is 1.85 bits per heavy atom. The number of ketones is 1. The van der Waals surface area contributed by atoms with E-state index in [1.807, 2.05) is 54.7 Å². The lowest BCUT2D eigenvalue weighted by Gasteiger charge is -1.98. The highest BCUT2D eigenvalue weighted by atomic mass is 16.3. The first-order chi connectivity index (χ1) is 9.81. The second kappa shape index (κ2) is 4.10. The molecule has 0 spiro atoms. The number of fused-ring (bicyclic) bond motifs is 2. The SMILES string of the molecule is O=C(c1ccc2[nH]ccc2c1)c1cc2ccccc2o1. The fraction of sp³-hybridized carbons (Fsp3) is 0. The molecule has 20 heavy (non-hydrogen) atoms. The quantitative estimate of drug-likeness (QED) is 0.551. The maximum atomic E-state index is 12.5. The van der Waals surface area contributed by atoms with Crippen molar-refractivity contribution < 1.29 is 9.21 Å². The molecule has 0 aliphatic carbocycles. The third-order valence-electron chi connectivity index (χ3n) is 3.46. The number of para-hydroxylation sites is 1. The smallest absolute Gasteiger partial charge is 0.228 e. The molecule has 2 heterocycles. The van der Waals surface area contributed by atoms with Crippen LogP contribution in [0.25, 0.3) is 21.9 Å². The number of carbonyl (C=O) groups excluding carboxylic acids is 1. The van der Waals surface area contributed by atoms with Gasteiger partial charge in [0.25, 0.3) is 0 Å². The molecule has 4 rings (SSSR count). The summed E-state index contributed by atoms with van der Waals surface area (Å²) in [5.41, 5.74) is 2.39. The Morgan fingerprint density at radius 3 is 2.75 bits per heavy atom. The first kappa shape index (κ1) is 11.1. The van der Waals surface area contributed by atoms with Gasteiger partial charge in [-0.3, -0.25) is 4.79 Å². The van der Waals surface area contributed by atoms with E-state index in [0.29, 0.717) is 11.3 Å². The van der Waals surface area contributed by atoms with E-state index < -0.39 is 0 Å². The van der Waals surface area contributed by atoms with Crippen LogP contribution in [0.2, 0.25) is 0 Å². The van der Waals surface area contributed by atoms with Gasteiger partial charge in [-0.1, -0.05) is 18.2 Å². The summed E-state index contributed by atoms with van der Waals surface area (Å²) in [4.78, 5) is 15.6. The average Bonchev–Trinajstić information content (AvgIpc) is 3.11. The lowest BCUT2D eigenvalue weighted by atomic mass is 10.1. The molecule has 1 N–H and O–H groups in total. The second-order valence-electron chi connectivity index (χ2n) is 4.76. The van der Waals surface area contributed by atoms with Crippen molar-refractivity contribution in [3.8, 4) is 0 Å². The predicted octanol–water partition coefficient (Wildman–Crippen LogP) is 4.15. The summed E-state index contributed by atoms with van der Waals surface area (Å²) in [6.45, 7) is 0. The van der Waals surface area contributed by atoms with Crippen LogP contribution < -0.4 is 0 Å². The number of aromatic amines is 1. The number of furan rings is 1. The molecular weight excluding hydrogens is 250 g/mol. The van der Waals surface area contributed by atoms with E-state index in [1.54, 1.807) is 6.07 Å². The maximum Gasteiger partial charge on any atom is 0.228 e. The maximum absolute atomic E-state index is 12.5. The minimum Gasteiger partial charge on any atom is -0.453 e. The van der Waals surface area contributed by atoms with Crippen LogP contribution in [-0.2, 0) is 0 Å². The molecule has 3 heteroatoms. The van der Waals surface area contributed by atoms with Crippen LogP contribution in [0.3, 0.4) is 0 Å². The van der Waals surface area contributed by atoms with E-state index in [9.17, 15) is 4.79 Å². The van der Waals surface area contributed by atoms with Crippen molar-refractivity contribution in [3.05, 3.63) is 72.1 Å². The van der Waals surface area contributed by atoms with E-state index in [2.05, 4.69) is 4.98 Å². The topological polar surface area (TPSA) is 46.0 Å². The molecule has 0 aliphatic heterocycles. The van der Waals surface area contributed by atoms with Gasteiger partial charge in [-0.15, -0.1) is 0 Å². The van der Waals surface area contributed by atoms with Crippen molar-refractivity contribution in [2.45, 2.75) is 0 Å². The van der Waals surface area contributed by atoms with Crippen molar-refractivity contribution in [2.75, 3.05) is 0 Å². The lowest BCUT2D eigenvalue weighted by Crippen LogP contribution is -1.98. The van der Waals surface area contributed by atoms with Gasteiger partial charge >= 0.3 is 0 Å². The monoisotopic (exact) mass is 261 g/mol. The molecule has 0 atom stereocenters. The van der Waals surface area contributed by atoms with E-state index in [1.165, 1.54) is 0 Å². The average molecular weight is 261 g/mol. The van der Waals surface area contributed by atoms with Crippen molar-refractivity contribution in [1.29, 1.82) is 0 Å². The molecule has 2 aromatic carbocycles. The third kappa shape index (κ3) is 1.64. The Bertz CT molecular complexity index is 893. The molecule has 0 radical (unpaired) electrons. The molecule has 0 aliphatic rings. The minimum absolute atomic E-state index is 0.0932. The Hall–Kier alpha value is -2.81. The molecule has 0 saturated heterocycles. The van der Waals surface area contributed by atoms with Crippen LogP contribution in [-0.4, -0.2) is 10.8 Å². The number of benzene rings is 2. The van der Waals surface area contributed by atoms with Gasteiger partial charge in [0.15, 0.2) is 5.76 Å². The normalized spacial score (nSPS) is 11.2.